The summed E-state index contributed by atoms with van der Waals surface area (Å²) in [6, 6.07) is 2.25. The van der Waals surface area contributed by atoms with Crippen LogP contribution >= 0.6 is 0 Å². The zero-order valence-corrected chi connectivity index (χ0v) is 20.1. The van der Waals surface area contributed by atoms with Crippen LogP contribution in [-0.2, 0) is 17.6 Å². The van der Waals surface area contributed by atoms with E-state index in [1.54, 1.807) is 13.2 Å². The van der Waals surface area contributed by atoms with Gasteiger partial charge >= 0.3 is 0 Å². The summed E-state index contributed by atoms with van der Waals surface area (Å²) >= 11 is 0. The Morgan fingerprint density at radius 1 is 1.24 bits per heavy atom. The van der Waals surface area contributed by atoms with Crippen molar-refractivity contribution in [2.75, 3.05) is 20.2 Å². The molecule has 1 fully saturated rings. The van der Waals surface area contributed by atoms with Gasteiger partial charge in [0.1, 0.15) is 11.3 Å². The predicted molar refractivity (Wildman–Crippen MR) is 131 cm³/mol. The van der Waals surface area contributed by atoms with Gasteiger partial charge in [-0.3, -0.25) is 14.5 Å². The number of aromatic amines is 1. The minimum atomic E-state index is -0.649. The fourth-order valence-corrected chi connectivity index (χ4v) is 5.62. The van der Waals surface area contributed by atoms with E-state index in [1.807, 2.05) is 0 Å². The van der Waals surface area contributed by atoms with Crippen LogP contribution in [0.5, 0.6) is 0 Å². The number of hydrogen-bond donors (Lipinski definition) is 2. The molecule has 4 rings (SSSR count). The standard InChI is InChI=1S/C27H39N3O3/c1-18-6-5-13-30(17-19-9-10-19)25(8-4-3-7-22(14-18)33-2)20-11-12-24-21(15-20)16-23(26(28)31)27(32)29-24/h3,7,14,16,18-20,25H,4-6,8-13,15,17H2,1-2H3,(H2,28,31)(H,29,32)/b7-3-,22-14+/t18?,20-,25+/m0/s1. The van der Waals surface area contributed by atoms with Crippen molar-refractivity contribution in [1.82, 2.24) is 9.88 Å². The predicted octanol–water partition coefficient (Wildman–Crippen LogP) is 3.96. The smallest absolute Gasteiger partial charge is 0.261 e. The molecule has 3 atom stereocenters. The quantitative estimate of drug-likeness (QED) is 0.706. The van der Waals surface area contributed by atoms with Crippen molar-refractivity contribution in [2.45, 2.75) is 70.8 Å². The van der Waals surface area contributed by atoms with Crippen LogP contribution in [0, 0.1) is 17.8 Å². The number of primary amides is 1. The number of aromatic nitrogens is 1. The van der Waals surface area contributed by atoms with Crippen LogP contribution in [0.3, 0.4) is 0 Å². The summed E-state index contributed by atoms with van der Waals surface area (Å²) in [5.74, 6) is 2.17. The van der Waals surface area contributed by atoms with Crippen LogP contribution in [0.15, 0.2) is 34.8 Å². The average molecular weight is 454 g/mol. The molecule has 180 valence electrons. The number of pyridine rings is 1. The van der Waals surface area contributed by atoms with Gasteiger partial charge in [0.2, 0.25) is 0 Å². The second-order valence-electron chi connectivity index (χ2n) is 10.3. The van der Waals surface area contributed by atoms with Gasteiger partial charge in [0.05, 0.1) is 7.11 Å². The third-order valence-electron chi connectivity index (χ3n) is 7.63. The van der Waals surface area contributed by atoms with Crippen LogP contribution in [0.4, 0.5) is 0 Å². The highest BCUT2D eigenvalue weighted by atomic mass is 16.5. The lowest BCUT2D eigenvalue weighted by atomic mass is 9.79. The fourth-order valence-electron chi connectivity index (χ4n) is 5.62. The van der Waals surface area contributed by atoms with E-state index in [2.05, 4.69) is 35.0 Å². The Labute approximate surface area is 197 Å². The largest absolute Gasteiger partial charge is 0.497 e. The average Bonchev–Trinajstić information content (AvgIpc) is 3.60. The maximum Gasteiger partial charge on any atom is 0.261 e. The molecule has 6 heteroatoms. The molecule has 0 bridgehead atoms. The Morgan fingerprint density at radius 3 is 2.79 bits per heavy atom. The van der Waals surface area contributed by atoms with Gasteiger partial charge in [0.25, 0.3) is 11.5 Å². The number of H-pyrrole nitrogens is 1. The molecule has 1 amide bonds. The van der Waals surface area contributed by atoms with Gasteiger partial charge in [-0.1, -0.05) is 13.0 Å². The molecule has 0 spiro atoms. The summed E-state index contributed by atoms with van der Waals surface area (Å²) in [4.78, 5) is 29.6. The van der Waals surface area contributed by atoms with E-state index in [9.17, 15) is 9.59 Å². The van der Waals surface area contributed by atoms with E-state index >= 15 is 0 Å². The fraction of sp³-hybridized carbons (Fsp3) is 0.630. The maximum absolute atomic E-state index is 12.2. The highest BCUT2D eigenvalue weighted by Crippen LogP contribution is 2.35. The highest BCUT2D eigenvalue weighted by Gasteiger charge is 2.34. The summed E-state index contributed by atoms with van der Waals surface area (Å²) in [5, 5.41) is 0. The van der Waals surface area contributed by atoms with Crippen LogP contribution < -0.4 is 11.3 Å². The lowest BCUT2D eigenvalue weighted by molar-refractivity contribution is 0.0998. The van der Waals surface area contributed by atoms with Crippen molar-refractivity contribution in [3.05, 3.63) is 57.2 Å². The van der Waals surface area contributed by atoms with Gasteiger partial charge in [-0.25, -0.2) is 0 Å². The van der Waals surface area contributed by atoms with Gasteiger partial charge < -0.3 is 15.5 Å². The topological polar surface area (TPSA) is 88.4 Å². The van der Waals surface area contributed by atoms with E-state index in [-0.39, 0.29) is 11.1 Å². The summed E-state index contributed by atoms with van der Waals surface area (Å²) < 4.78 is 5.57. The number of methoxy groups -OCH3 is 1. The third-order valence-corrected chi connectivity index (χ3v) is 7.63. The molecular weight excluding hydrogens is 414 g/mol. The summed E-state index contributed by atoms with van der Waals surface area (Å²) in [6.07, 6.45) is 16.6. The number of carbonyl (C=O) groups excluding carboxylic acids is 1. The number of nitrogens with two attached hydrogens (primary N) is 1. The molecule has 1 saturated carbocycles. The third kappa shape index (κ3) is 6.17. The molecule has 0 aromatic carbocycles. The molecule has 0 saturated heterocycles. The van der Waals surface area contributed by atoms with Crippen molar-refractivity contribution < 1.29 is 9.53 Å². The number of nitrogens with zero attached hydrogens (tertiary/aromatic N) is 1. The maximum atomic E-state index is 12.2. The number of nitrogens with one attached hydrogen (secondary N) is 1. The first-order valence-corrected chi connectivity index (χ1v) is 12.7. The van der Waals surface area contributed by atoms with Crippen molar-refractivity contribution >= 4 is 5.91 Å². The zero-order chi connectivity index (χ0) is 23.4. The molecule has 2 aliphatic carbocycles. The SMILES string of the molecule is COC1=C/C(C)CCCN(CC2CC2)[C@@H]([C@H]2CCc3[nH]c(=O)c(C(N)=O)cc3C2)CC/C=C\1. The van der Waals surface area contributed by atoms with Crippen LogP contribution in [0.25, 0.3) is 0 Å². The van der Waals surface area contributed by atoms with Crippen molar-refractivity contribution in [1.29, 1.82) is 0 Å². The summed E-state index contributed by atoms with van der Waals surface area (Å²) in [5.41, 5.74) is 7.24. The molecule has 1 aromatic heterocycles. The molecule has 33 heavy (non-hydrogen) atoms. The second kappa shape index (κ2) is 10.7. The number of fused-ring (bicyclic) bond motifs is 1. The van der Waals surface area contributed by atoms with Gasteiger partial charge in [0.15, 0.2) is 0 Å². The Hall–Kier alpha value is -2.34. The zero-order valence-electron chi connectivity index (χ0n) is 20.1. The molecular formula is C27H39N3O3. The van der Waals surface area contributed by atoms with Gasteiger partial charge in [-0.15, -0.1) is 0 Å². The van der Waals surface area contributed by atoms with Crippen molar-refractivity contribution in [3.8, 4) is 0 Å². The van der Waals surface area contributed by atoms with Gasteiger partial charge in [0, 0.05) is 18.3 Å². The molecule has 1 aromatic rings. The van der Waals surface area contributed by atoms with Crippen molar-refractivity contribution in [2.24, 2.45) is 23.5 Å². The Bertz CT molecular complexity index is 960. The lowest BCUT2D eigenvalue weighted by Gasteiger charge is -2.40. The molecule has 2 heterocycles. The minimum Gasteiger partial charge on any atom is -0.497 e. The minimum absolute atomic E-state index is 0.0822. The van der Waals surface area contributed by atoms with Crippen LogP contribution in [0.2, 0.25) is 0 Å². The number of aryl methyl sites for hydroxylation is 1. The van der Waals surface area contributed by atoms with Crippen molar-refractivity contribution in [3.63, 3.8) is 0 Å². The van der Waals surface area contributed by atoms with Gasteiger partial charge in [-0.2, -0.15) is 0 Å². The molecule has 1 aliphatic heterocycles. The Balaban J connectivity index is 1.57. The summed E-state index contributed by atoms with van der Waals surface area (Å²) in [6.45, 7) is 4.60. The number of amides is 1. The molecule has 6 nitrogen and oxygen atoms in total. The van der Waals surface area contributed by atoms with E-state index in [0.29, 0.717) is 17.9 Å². The first-order valence-electron chi connectivity index (χ1n) is 12.7. The number of hydrogen-bond acceptors (Lipinski definition) is 4. The van der Waals surface area contributed by atoms with E-state index in [1.165, 1.54) is 25.8 Å². The van der Waals surface area contributed by atoms with Crippen LogP contribution in [-0.4, -0.2) is 42.0 Å². The number of allylic oxidation sites excluding steroid dienone is 3. The number of ether oxygens (including phenoxy) is 1. The number of rotatable bonds is 5. The van der Waals surface area contributed by atoms with E-state index in [4.69, 9.17) is 10.5 Å². The normalized spacial score (nSPS) is 29.6. The second-order valence-corrected chi connectivity index (χ2v) is 10.3. The lowest BCUT2D eigenvalue weighted by Crippen LogP contribution is -2.44. The van der Waals surface area contributed by atoms with E-state index < -0.39 is 5.91 Å². The monoisotopic (exact) mass is 453 g/mol. The Morgan fingerprint density at radius 2 is 2.06 bits per heavy atom. The molecule has 3 N–H and O–H groups in total. The van der Waals surface area contributed by atoms with Gasteiger partial charge in [-0.05, 0) is 106 Å². The molecule has 1 unspecified atom stereocenters. The first kappa shape index (κ1) is 23.8. The highest BCUT2D eigenvalue weighted by molar-refractivity contribution is 5.92. The number of carbonyl (C=O) groups is 1. The summed E-state index contributed by atoms with van der Waals surface area (Å²) in [7, 11) is 1.75. The molecule has 3 aliphatic rings. The molecule has 0 radical (unpaired) electrons. The van der Waals surface area contributed by atoms with Crippen LogP contribution in [0.1, 0.15) is 73.5 Å². The first-order chi connectivity index (χ1) is 15.9. The van der Waals surface area contributed by atoms with E-state index in [0.717, 1.165) is 68.0 Å². The Kier molecular flexibility index (Phi) is 7.74.